The zero-order valence-corrected chi connectivity index (χ0v) is 7.34. The van der Waals surface area contributed by atoms with Gasteiger partial charge in [0.1, 0.15) is 0 Å². The van der Waals surface area contributed by atoms with E-state index in [0.717, 1.165) is 0 Å². The van der Waals surface area contributed by atoms with Gasteiger partial charge in [0.2, 0.25) is 0 Å². The van der Waals surface area contributed by atoms with E-state index in [4.69, 9.17) is 5.11 Å². The van der Waals surface area contributed by atoms with Gasteiger partial charge in [-0.25, -0.2) is 20.1 Å². The maximum absolute atomic E-state index is 9.28. The van der Waals surface area contributed by atoms with Crippen LogP contribution in [0.1, 0.15) is 0 Å². The molecular formula is C5H8O2W. The number of aldehydes is 1. The second kappa shape index (κ2) is 28.4. The van der Waals surface area contributed by atoms with E-state index in [1.54, 1.807) is 0 Å². The summed E-state index contributed by atoms with van der Waals surface area (Å²) in [5.41, 5.74) is 0. The Kier molecular flexibility index (Phi) is 55.6. The molecule has 2 nitrogen and oxygen atoms in total. The SMILES string of the molecule is [CH2-]/C=C/C=O.[CH2-]O.[W+2]. The van der Waals surface area contributed by atoms with Gasteiger partial charge in [0, 0.05) is 0 Å². The van der Waals surface area contributed by atoms with E-state index in [9.17, 15) is 4.79 Å². The third-order valence-electron chi connectivity index (χ3n) is 0.215. The van der Waals surface area contributed by atoms with Crippen molar-refractivity contribution in [2.45, 2.75) is 0 Å². The summed E-state index contributed by atoms with van der Waals surface area (Å²) in [5, 5.41) is 6.75. The third-order valence-corrected chi connectivity index (χ3v) is 0.215. The molecule has 0 fully saturated rings. The molecule has 0 unspecified atom stereocenters. The van der Waals surface area contributed by atoms with Crippen molar-refractivity contribution in [1.82, 2.24) is 0 Å². The van der Waals surface area contributed by atoms with Gasteiger partial charge in [0.15, 0.2) is 0 Å². The van der Waals surface area contributed by atoms with E-state index < -0.39 is 0 Å². The Balaban J connectivity index is -0.0000000750. The molecule has 3 heteroatoms. The molecule has 0 radical (unpaired) electrons. The Morgan fingerprint density at radius 3 is 1.75 bits per heavy atom. The zero-order chi connectivity index (χ0) is 6.12. The molecule has 0 aliphatic carbocycles. The van der Waals surface area contributed by atoms with Gasteiger partial charge < -0.3 is 9.90 Å². The number of hydrogen-bond acceptors (Lipinski definition) is 2. The smallest absolute Gasteiger partial charge is 0.569 e. The average Bonchev–Trinajstić information content (AvgIpc) is 1.75. The van der Waals surface area contributed by atoms with Crippen LogP contribution in [0.15, 0.2) is 12.2 Å². The molecule has 0 saturated heterocycles. The van der Waals surface area contributed by atoms with Gasteiger partial charge in [-0.1, -0.05) is 0 Å². The van der Waals surface area contributed by atoms with Crippen molar-refractivity contribution in [3.63, 3.8) is 0 Å². The molecule has 0 heterocycles. The largest absolute Gasteiger partial charge is 2.00 e. The van der Waals surface area contributed by atoms with Crippen LogP contribution in [0.2, 0.25) is 0 Å². The van der Waals surface area contributed by atoms with Gasteiger partial charge in [-0.05, 0) is 0 Å². The topological polar surface area (TPSA) is 37.3 Å². The van der Waals surface area contributed by atoms with Crippen molar-refractivity contribution in [3.8, 4) is 0 Å². The molecule has 0 spiro atoms. The molecule has 0 bridgehead atoms. The van der Waals surface area contributed by atoms with Crippen LogP contribution in [0, 0.1) is 14.0 Å². The van der Waals surface area contributed by atoms with Crippen LogP contribution in [0.3, 0.4) is 0 Å². The number of aliphatic hydroxyl groups is 1. The van der Waals surface area contributed by atoms with E-state index in [-0.39, 0.29) is 21.1 Å². The number of rotatable bonds is 1. The Bertz CT molecular complexity index is 52.4. The minimum absolute atomic E-state index is 0. The van der Waals surface area contributed by atoms with Crippen LogP contribution >= 0.6 is 0 Å². The maximum Gasteiger partial charge on any atom is 2.00 e. The number of carbonyl (C=O) groups excluding carboxylic acids is 1. The molecule has 8 heavy (non-hydrogen) atoms. The summed E-state index contributed by atoms with van der Waals surface area (Å²) in [5.74, 6) is 0. The molecular weight excluding hydrogens is 276 g/mol. The zero-order valence-electron chi connectivity index (χ0n) is 4.41. The van der Waals surface area contributed by atoms with Gasteiger partial charge in [-0.15, -0.1) is 0 Å². The summed E-state index contributed by atoms with van der Waals surface area (Å²) in [4.78, 5) is 9.28. The van der Waals surface area contributed by atoms with Crippen LogP contribution in [0.5, 0.6) is 0 Å². The monoisotopic (exact) mass is 284 g/mol. The molecule has 46 valence electrons. The average molecular weight is 284 g/mol. The Morgan fingerprint density at radius 2 is 1.75 bits per heavy atom. The fourth-order valence-corrected chi connectivity index (χ4v) is 0.0556. The van der Waals surface area contributed by atoms with Gasteiger partial charge in [-0.2, -0.15) is 6.08 Å². The fraction of sp³-hybridized carbons (Fsp3) is 0. The van der Waals surface area contributed by atoms with Crippen LogP contribution in [0.4, 0.5) is 0 Å². The Morgan fingerprint density at radius 1 is 1.38 bits per heavy atom. The first-order valence-corrected chi connectivity index (χ1v) is 1.63. The number of hydrogen-bond donors (Lipinski definition) is 1. The maximum atomic E-state index is 9.28. The molecule has 0 aromatic heterocycles. The molecule has 0 rings (SSSR count). The summed E-state index contributed by atoms with van der Waals surface area (Å²) >= 11 is 0. The van der Waals surface area contributed by atoms with E-state index >= 15 is 0 Å². The Hall–Kier alpha value is -0.0717. The molecule has 0 aliphatic rings. The van der Waals surface area contributed by atoms with E-state index in [1.165, 1.54) is 12.2 Å². The molecule has 0 amide bonds. The van der Waals surface area contributed by atoms with Crippen LogP contribution < -0.4 is 0 Å². The normalized spacial score (nSPS) is 6.25. The van der Waals surface area contributed by atoms with Gasteiger partial charge >= 0.3 is 21.1 Å². The first-order valence-electron chi connectivity index (χ1n) is 1.63. The standard InChI is InChI=1S/C4H5O.CH3O.W/c1-2-3-4-5;1-2;/h2-4H,1H2;2H,1H2;/q2*-1;+2/b3-2+;;. The third kappa shape index (κ3) is 38.7. The minimum Gasteiger partial charge on any atom is -0.569 e. The van der Waals surface area contributed by atoms with Crippen LogP contribution in [-0.4, -0.2) is 11.4 Å². The van der Waals surface area contributed by atoms with Crippen molar-refractivity contribution in [2.24, 2.45) is 0 Å². The number of aliphatic hydroxyl groups excluding tert-OH is 1. The van der Waals surface area contributed by atoms with E-state index in [2.05, 4.69) is 14.0 Å². The minimum atomic E-state index is 0. The van der Waals surface area contributed by atoms with E-state index in [0.29, 0.717) is 6.29 Å². The first-order chi connectivity index (χ1) is 3.41. The van der Waals surface area contributed by atoms with E-state index in [1.807, 2.05) is 0 Å². The van der Waals surface area contributed by atoms with Gasteiger partial charge in [0.25, 0.3) is 0 Å². The molecule has 1 N–H and O–H groups in total. The first kappa shape index (κ1) is 15.7. The number of allylic oxidation sites excluding steroid dienone is 2. The van der Waals surface area contributed by atoms with Crippen molar-refractivity contribution < 1.29 is 31.0 Å². The van der Waals surface area contributed by atoms with Gasteiger partial charge in [-0.3, -0.25) is 0 Å². The van der Waals surface area contributed by atoms with Crippen molar-refractivity contribution in [1.29, 1.82) is 0 Å². The van der Waals surface area contributed by atoms with Crippen LogP contribution in [-0.2, 0) is 25.9 Å². The quantitative estimate of drug-likeness (QED) is 0.438. The summed E-state index contributed by atoms with van der Waals surface area (Å²) in [6.07, 6.45) is 3.46. The molecule has 0 aromatic carbocycles. The van der Waals surface area contributed by atoms with Crippen molar-refractivity contribution in [3.05, 3.63) is 26.2 Å². The van der Waals surface area contributed by atoms with Gasteiger partial charge in [0.05, 0.1) is 6.29 Å². The summed E-state index contributed by atoms with van der Waals surface area (Å²) in [7, 11) is 2.25. The second-order valence-electron chi connectivity index (χ2n) is 0.564. The predicted molar refractivity (Wildman–Crippen MR) is 27.9 cm³/mol. The number of carbonyl (C=O) groups is 1. The fourth-order valence-electron chi connectivity index (χ4n) is 0.0556. The van der Waals surface area contributed by atoms with Crippen LogP contribution in [0.25, 0.3) is 0 Å². The molecule has 0 aliphatic heterocycles. The Labute approximate surface area is 63.9 Å². The summed E-state index contributed by atoms with van der Waals surface area (Å²) in [6, 6.07) is 0. The molecule has 0 aromatic rings. The second-order valence-corrected chi connectivity index (χ2v) is 0.564. The summed E-state index contributed by atoms with van der Waals surface area (Å²) < 4.78 is 0. The predicted octanol–water partition coefficient (Wildman–Crippen LogP) is 0.724. The summed E-state index contributed by atoms with van der Waals surface area (Å²) in [6.45, 7) is 3.26. The van der Waals surface area contributed by atoms with Crippen molar-refractivity contribution >= 4 is 6.29 Å². The van der Waals surface area contributed by atoms with Crippen molar-refractivity contribution in [2.75, 3.05) is 0 Å². The molecule has 0 saturated carbocycles. The molecule has 0 atom stereocenters.